The number of benzene rings is 1. The van der Waals surface area contributed by atoms with Crippen molar-refractivity contribution in [2.75, 3.05) is 6.54 Å². The van der Waals surface area contributed by atoms with Crippen LogP contribution in [-0.4, -0.2) is 42.0 Å². The molecule has 0 unspecified atom stereocenters. The lowest BCUT2D eigenvalue weighted by Crippen LogP contribution is -2.51. The maximum absolute atomic E-state index is 12.8. The molecule has 7 nitrogen and oxygen atoms in total. The van der Waals surface area contributed by atoms with Crippen molar-refractivity contribution in [2.24, 2.45) is 0 Å². The normalized spacial score (nSPS) is 19.8. The summed E-state index contributed by atoms with van der Waals surface area (Å²) in [6.07, 6.45) is 1.80. The third-order valence-corrected chi connectivity index (χ3v) is 5.64. The van der Waals surface area contributed by atoms with Gasteiger partial charge >= 0.3 is 0 Å². The summed E-state index contributed by atoms with van der Waals surface area (Å²) < 4.78 is 32.5. The van der Waals surface area contributed by atoms with Crippen molar-refractivity contribution in [3.05, 3.63) is 24.3 Å². The minimum absolute atomic E-state index is 0.0985. The van der Waals surface area contributed by atoms with Crippen LogP contribution in [0.15, 0.2) is 29.2 Å². The molecule has 1 atom stereocenters. The van der Waals surface area contributed by atoms with Gasteiger partial charge in [0.15, 0.2) is 0 Å². The molecular formula is C16H24N2O5S. The first-order chi connectivity index (χ1) is 11.1. The van der Waals surface area contributed by atoms with Crippen molar-refractivity contribution in [3.63, 3.8) is 0 Å². The van der Waals surface area contributed by atoms with Crippen LogP contribution < -0.4 is 10.2 Å². The van der Waals surface area contributed by atoms with Crippen LogP contribution >= 0.6 is 0 Å². The number of nitrogens with zero attached hydrogens (tertiary/aromatic N) is 1. The molecule has 24 heavy (non-hydrogen) atoms. The third kappa shape index (κ3) is 4.25. The molecule has 1 aliphatic heterocycles. The number of piperidine rings is 1. The smallest absolute Gasteiger partial charge is 0.261 e. The van der Waals surface area contributed by atoms with Crippen molar-refractivity contribution in [1.82, 2.24) is 9.79 Å². The number of carbonyl (C=O) groups excluding carboxylic acids is 1. The fourth-order valence-electron chi connectivity index (χ4n) is 2.70. The van der Waals surface area contributed by atoms with Gasteiger partial charge in [-0.25, -0.2) is 13.9 Å². The van der Waals surface area contributed by atoms with Gasteiger partial charge in [0.05, 0.1) is 4.90 Å². The Balaban J connectivity index is 2.26. The van der Waals surface area contributed by atoms with E-state index >= 15 is 0 Å². The van der Waals surface area contributed by atoms with Crippen molar-refractivity contribution in [1.29, 1.82) is 0 Å². The second kappa shape index (κ2) is 7.08. The maximum atomic E-state index is 12.8. The first-order valence-corrected chi connectivity index (χ1v) is 9.34. The van der Waals surface area contributed by atoms with Gasteiger partial charge in [0.25, 0.3) is 5.91 Å². The van der Waals surface area contributed by atoms with Gasteiger partial charge in [-0.2, -0.15) is 4.31 Å². The zero-order valence-corrected chi connectivity index (χ0v) is 15.0. The summed E-state index contributed by atoms with van der Waals surface area (Å²) >= 11 is 0. The highest BCUT2D eigenvalue weighted by Crippen LogP contribution is 2.27. The molecule has 134 valence electrons. The highest BCUT2D eigenvalue weighted by Gasteiger charge is 2.37. The number of nitrogens with one attached hydrogen (secondary N) is 1. The zero-order valence-electron chi connectivity index (χ0n) is 14.2. The van der Waals surface area contributed by atoms with Crippen molar-refractivity contribution in [3.8, 4) is 5.75 Å². The van der Waals surface area contributed by atoms with Crippen LogP contribution in [-0.2, 0) is 14.8 Å². The molecule has 1 aromatic rings. The molecule has 0 radical (unpaired) electrons. The largest absolute Gasteiger partial charge is 0.488 e. The number of hydrogen-bond acceptors (Lipinski definition) is 5. The number of hydrogen-bond donors (Lipinski definition) is 2. The maximum Gasteiger partial charge on any atom is 0.261 e. The summed E-state index contributed by atoms with van der Waals surface area (Å²) in [4.78, 5) is 11.9. The quantitative estimate of drug-likeness (QED) is 0.635. The molecule has 1 saturated heterocycles. The molecule has 0 aromatic heterocycles. The van der Waals surface area contributed by atoms with Gasteiger partial charge < -0.3 is 4.74 Å². The van der Waals surface area contributed by atoms with Crippen LogP contribution in [0.2, 0.25) is 0 Å². The number of ether oxygens (including phenoxy) is 1. The van der Waals surface area contributed by atoms with E-state index in [9.17, 15) is 13.2 Å². The molecule has 1 heterocycles. The lowest BCUT2D eigenvalue weighted by molar-refractivity contribution is -0.134. The third-order valence-electron chi connectivity index (χ3n) is 3.72. The molecule has 1 aromatic carbocycles. The molecule has 2 rings (SSSR count). The standard InChI is InChI=1S/C16H24N2O5S/c1-16(2,3)23-12-7-9-13(10-8-12)24(21,22)18-11-5-4-6-14(18)15(19)17-20/h7-10,14,20H,4-6,11H2,1-3H3,(H,17,19)/t14-/m1/s1. The van der Waals surface area contributed by atoms with Gasteiger partial charge in [0, 0.05) is 6.54 Å². The van der Waals surface area contributed by atoms with Crippen molar-refractivity contribution < 1.29 is 23.2 Å². The zero-order chi connectivity index (χ0) is 18.0. The lowest BCUT2D eigenvalue weighted by atomic mass is 10.0. The first kappa shape index (κ1) is 18.7. The van der Waals surface area contributed by atoms with Crippen LogP contribution in [0.25, 0.3) is 0 Å². The number of hydroxylamine groups is 1. The summed E-state index contributed by atoms with van der Waals surface area (Å²) in [7, 11) is -3.82. The summed E-state index contributed by atoms with van der Waals surface area (Å²) in [6.45, 7) is 5.97. The predicted octanol–water partition coefficient (Wildman–Crippen LogP) is 1.91. The summed E-state index contributed by atoms with van der Waals surface area (Å²) in [5.41, 5.74) is 1.18. The Morgan fingerprint density at radius 3 is 2.42 bits per heavy atom. The molecule has 0 aliphatic carbocycles. The van der Waals surface area contributed by atoms with Crippen LogP contribution in [0.3, 0.4) is 0 Å². The molecular weight excluding hydrogens is 332 g/mol. The van der Waals surface area contributed by atoms with E-state index in [0.717, 1.165) is 10.7 Å². The Labute approximate surface area is 142 Å². The summed E-state index contributed by atoms with van der Waals surface area (Å²) in [6, 6.07) is 5.25. The number of rotatable bonds is 4. The van der Waals surface area contributed by atoms with Gasteiger partial charge in [0.2, 0.25) is 10.0 Å². The molecule has 2 N–H and O–H groups in total. The Morgan fingerprint density at radius 1 is 1.25 bits per heavy atom. The highest BCUT2D eigenvalue weighted by atomic mass is 32.2. The van der Waals surface area contributed by atoms with Crippen LogP contribution in [0, 0.1) is 0 Å². The van der Waals surface area contributed by atoms with Gasteiger partial charge in [0.1, 0.15) is 17.4 Å². The van der Waals surface area contributed by atoms with Crippen molar-refractivity contribution >= 4 is 15.9 Å². The average molecular weight is 356 g/mol. The molecule has 0 spiro atoms. The van der Waals surface area contributed by atoms with E-state index in [0.29, 0.717) is 18.6 Å². The van der Waals surface area contributed by atoms with Gasteiger partial charge in [-0.05, 0) is 57.9 Å². The molecule has 1 fully saturated rings. The predicted molar refractivity (Wildman–Crippen MR) is 88.3 cm³/mol. The van der Waals surface area contributed by atoms with Gasteiger partial charge in [-0.1, -0.05) is 6.42 Å². The Bertz CT molecular complexity index is 679. The number of amides is 1. The summed E-state index contributed by atoms with van der Waals surface area (Å²) in [5.74, 6) is -0.129. The first-order valence-electron chi connectivity index (χ1n) is 7.90. The molecule has 1 amide bonds. The van der Waals surface area contributed by atoms with Gasteiger partial charge in [-0.3, -0.25) is 10.0 Å². The second-order valence-electron chi connectivity index (χ2n) is 6.79. The van der Waals surface area contributed by atoms with E-state index in [-0.39, 0.29) is 17.0 Å². The molecule has 0 saturated carbocycles. The molecule has 1 aliphatic rings. The van der Waals surface area contributed by atoms with Crippen LogP contribution in [0.1, 0.15) is 40.0 Å². The van der Waals surface area contributed by atoms with E-state index in [4.69, 9.17) is 9.94 Å². The average Bonchev–Trinajstić information content (AvgIpc) is 2.53. The summed E-state index contributed by atoms with van der Waals surface area (Å²) in [5, 5.41) is 8.85. The number of sulfonamides is 1. The SMILES string of the molecule is CC(C)(C)Oc1ccc(S(=O)(=O)N2CCCC[C@@H]2C(=O)NO)cc1. The Kier molecular flexibility index (Phi) is 5.52. The fraction of sp³-hybridized carbons (Fsp3) is 0.562. The van der Waals surface area contributed by atoms with E-state index in [1.165, 1.54) is 12.1 Å². The van der Waals surface area contributed by atoms with E-state index in [1.807, 2.05) is 20.8 Å². The minimum atomic E-state index is -3.82. The topological polar surface area (TPSA) is 95.9 Å². The molecule has 0 bridgehead atoms. The van der Waals surface area contributed by atoms with E-state index in [2.05, 4.69) is 0 Å². The van der Waals surface area contributed by atoms with Crippen LogP contribution in [0.5, 0.6) is 5.75 Å². The van der Waals surface area contributed by atoms with Crippen LogP contribution in [0.4, 0.5) is 0 Å². The Morgan fingerprint density at radius 2 is 1.88 bits per heavy atom. The fourth-order valence-corrected chi connectivity index (χ4v) is 4.35. The van der Waals surface area contributed by atoms with Gasteiger partial charge in [-0.15, -0.1) is 0 Å². The van der Waals surface area contributed by atoms with Crippen molar-refractivity contribution in [2.45, 2.75) is 56.6 Å². The van der Waals surface area contributed by atoms with E-state index < -0.39 is 22.0 Å². The minimum Gasteiger partial charge on any atom is -0.488 e. The lowest BCUT2D eigenvalue weighted by Gasteiger charge is -2.33. The second-order valence-corrected chi connectivity index (χ2v) is 8.68. The Hall–Kier alpha value is -1.64. The van der Waals surface area contributed by atoms with E-state index in [1.54, 1.807) is 17.6 Å². The highest BCUT2D eigenvalue weighted by molar-refractivity contribution is 7.89. The molecule has 8 heteroatoms. The number of carbonyl (C=O) groups is 1. The monoisotopic (exact) mass is 356 g/mol.